The van der Waals surface area contributed by atoms with Crippen molar-refractivity contribution in [3.8, 4) is 11.5 Å². The van der Waals surface area contributed by atoms with Crippen LogP contribution in [-0.4, -0.2) is 22.7 Å². The minimum atomic E-state index is -0.366. The lowest BCUT2D eigenvalue weighted by Crippen LogP contribution is -2.24. The minimum Gasteiger partial charge on any atom is -0.508 e. The van der Waals surface area contributed by atoms with Crippen LogP contribution < -0.4 is 5.32 Å². The third kappa shape index (κ3) is 3.02. The third-order valence-electron chi connectivity index (χ3n) is 1.86. The van der Waals surface area contributed by atoms with Crippen LogP contribution in [0.2, 0.25) is 0 Å². The van der Waals surface area contributed by atoms with Gasteiger partial charge in [-0.05, 0) is 18.6 Å². The number of nitrogens with one attached hydrogen (secondary N) is 1. The molecule has 0 atom stereocenters. The molecule has 4 nitrogen and oxygen atoms in total. The summed E-state index contributed by atoms with van der Waals surface area (Å²) < 4.78 is 0. The van der Waals surface area contributed by atoms with Crippen molar-refractivity contribution >= 4 is 5.91 Å². The molecule has 0 fully saturated rings. The van der Waals surface area contributed by atoms with Gasteiger partial charge in [0.15, 0.2) is 0 Å². The van der Waals surface area contributed by atoms with Gasteiger partial charge in [0.05, 0.1) is 5.56 Å². The summed E-state index contributed by atoms with van der Waals surface area (Å²) in [6.07, 6.45) is 2.36. The predicted octanol–water partition coefficient (Wildman–Crippen LogP) is 1.40. The Bertz CT molecular complexity index is 374. The van der Waals surface area contributed by atoms with Crippen molar-refractivity contribution in [1.82, 2.24) is 5.32 Å². The Kier molecular flexibility index (Phi) is 3.74. The molecule has 1 amide bonds. The van der Waals surface area contributed by atoms with Gasteiger partial charge in [-0.1, -0.05) is 6.08 Å². The molecule has 0 spiro atoms. The molecular weight excluding hydrogens is 194 g/mol. The summed E-state index contributed by atoms with van der Waals surface area (Å²) in [7, 11) is 0. The van der Waals surface area contributed by atoms with E-state index in [1.54, 1.807) is 6.08 Å². The number of hydrogen-bond acceptors (Lipinski definition) is 3. The Balaban J connectivity index is 2.69. The lowest BCUT2D eigenvalue weighted by atomic mass is 10.2. The van der Waals surface area contributed by atoms with Crippen LogP contribution in [0.15, 0.2) is 30.9 Å². The average molecular weight is 207 g/mol. The molecule has 0 aromatic heterocycles. The van der Waals surface area contributed by atoms with Crippen LogP contribution in [0.25, 0.3) is 0 Å². The number of phenolic OH excluding ortho intramolecular Hbond substituents is 2. The second-order valence-electron chi connectivity index (χ2n) is 3.03. The van der Waals surface area contributed by atoms with Gasteiger partial charge in [-0.3, -0.25) is 4.79 Å². The van der Waals surface area contributed by atoms with E-state index in [1.165, 1.54) is 12.1 Å². The summed E-state index contributed by atoms with van der Waals surface area (Å²) in [5.41, 5.74) is 0.150. The van der Waals surface area contributed by atoms with Crippen molar-refractivity contribution in [3.63, 3.8) is 0 Å². The van der Waals surface area contributed by atoms with Gasteiger partial charge < -0.3 is 15.5 Å². The average Bonchev–Trinajstić information content (AvgIpc) is 2.17. The van der Waals surface area contributed by atoms with Gasteiger partial charge >= 0.3 is 0 Å². The molecule has 0 aliphatic carbocycles. The Morgan fingerprint density at radius 3 is 2.80 bits per heavy atom. The number of carbonyl (C=O) groups is 1. The summed E-state index contributed by atoms with van der Waals surface area (Å²) >= 11 is 0. The van der Waals surface area contributed by atoms with Gasteiger partial charge in [0.2, 0.25) is 0 Å². The smallest absolute Gasteiger partial charge is 0.255 e. The molecule has 0 unspecified atom stereocenters. The molecule has 15 heavy (non-hydrogen) atoms. The molecule has 0 heterocycles. The first-order chi connectivity index (χ1) is 7.15. The van der Waals surface area contributed by atoms with Gasteiger partial charge in [-0.2, -0.15) is 0 Å². The zero-order valence-electron chi connectivity index (χ0n) is 8.23. The molecule has 1 aromatic rings. The van der Waals surface area contributed by atoms with Crippen LogP contribution in [0.5, 0.6) is 11.5 Å². The quantitative estimate of drug-likeness (QED) is 0.516. The van der Waals surface area contributed by atoms with Crippen LogP contribution >= 0.6 is 0 Å². The zero-order chi connectivity index (χ0) is 11.3. The van der Waals surface area contributed by atoms with E-state index >= 15 is 0 Å². The highest BCUT2D eigenvalue weighted by Gasteiger charge is 2.10. The molecule has 80 valence electrons. The number of benzene rings is 1. The van der Waals surface area contributed by atoms with Crippen molar-refractivity contribution in [2.24, 2.45) is 0 Å². The second kappa shape index (κ2) is 5.05. The summed E-state index contributed by atoms with van der Waals surface area (Å²) in [5.74, 6) is -0.671. The van der Waals surface area contributed by atoms with Crippen LogP contribution in [0.3, 0.4) is 0 Å². The molecule has 0 bridgehead atoms. The number of amides is 1. The highest BCUT2D eigenvalue weighted by molar-refractivity contribution is 5.96. The van der Waals surface area contributed by atoms with E-state index in [0.717, 1.165) is 6.07 Å². The van der Waals surface area contributed by atoms with Gasteiger partial charge in [0.25, 0.3) is 5.91 Å². The Morgan fingerprint density at radius 2 is 2.20 bits per heavy atom. The topological polar surface area (TPSA) is 69.6 Å². The molecule has 0 saturated carbocycles. The molecule has 1 aromatic carbocycles. The van der Waals surface area contributed by atoms with Crippen molar-refractivity contribution < 1.29 is 15.0 Å². The largest absolute Gasteiger partial charge is 0.508 e. The lowest BCUT2D eigenvalue weighted by molar-refractivity contribution is 0.0951. The fourth-order valence-electron chi connectivity index (χ4n) is 1.10. The van der Waals surface area contributed by atoms with Gasteiger partial charge in [0.1, 0.15) is 11.5 Å². The number of aromatic hydroxyl groups is 2. The van der Waals surface area contributed by atoms with Crippen LogP contribution in [0.4, 0.5) is 0 Å². The standard InChI is InChI=1S/C11H13NO3/c1-2-3-6-12-11(15)9-5-4-8(13)7-10(9)14/h2,4-5,7,13-14H,1,3,6H2,(H,12,15). The molecule has 3 N–H and O–H groups in total. The number of phenols is 2. The first-order valence-corrected chi connectivity index (χ1v) is 4.56. The van der Waals surface area contributed by atoms with Crippen molar-refractivity contribution in [2.75, 3.05) is 6.54 Å². The lowest BCUT2D eigenvalue weighted by Gasteiger charge is -2.05. The molecule has 0 aliphatic rings. The SMILES string of the molecule is C=CCCNC(=O)c1ccc(O)cc1O. The van der Waals surface area contributed by atoms with Crippen molar-refractivity contribution in [1.29, 1.82) is 0 Å². The molecule has 0 saturated heterocycles. The normalized spacial score (nSPS) is 9.60. The van der Waals surface area contributed by atoms with E-state index in [4.69, 9.17) is 5.11 Å². The van der Waals surface area contributed by atoms with Crippen LogP contribution in [0, 0.1) is 0 Å². The summed E-state index contributed by atoms with van der Waals surface area (Å²) in [6.45, 7) is 4.00. The van der Waals surface area contributed by atoms with Gasteiger partial charge in [-0.25, -0.2) is 0 Å². The minimum absolute atomic E-state index is 0.0739. The van der Waals surface area contributed by atoms with Gasteiger partial charge in [-0.15, -0.1) is 6.58 Å². The maximum absolute atomic E-state index is 11.5. The zero-order valence-corrected chi connectivity index (χ0v) is 8.23. The summed E-state index contributed by atoms with van der Waals surface area (Å²) in [5, 5.41) is 21.0. The fourth-order valence-corrected chi connectivity index (χ4v) is 1.10. The molecule has 0 radical (unpaired) electrons. The Labute approximate surface area is 87.9 Å². The molecular formula is C11H13NO3. The van der Waals surface area contributed by atoms with Gasteiger partial charge in [0, 0.05) is 12.6 Å². The third-order valence-corrected chi connectivity index (χ3v) is 1.86. The summed E-state index contributed by atoms with van der Waals surface area (Å²) in [6, 6.07) is 3.85. The molecule has 1 rings (SSSR count). The van der Waals surface area contributed by atoms with E-state index in [-0.39, 0.29) is 23.0 Å². The number of hydrogen-bond donors (Lipinski definition) is 3. The Hall–Kier alpha value is -1.97. The highest BCUT2D eigenvalue weighted by atomic mass is 16.3. The molecule has 0 aliphatic heterocycles. The maximum atomic E-state index is 11.5. The highest BCUT2D eigenvalue weighted by Crippen LogP contribution is 2.22. The second-order valence-corrected chi connectivity index (χ2v) is 3.03. The predicted molar refractivity (Wildman–Crippen MR) is 56.9 cm³/mol. The van der Waals surface area contributed by atoms with E-state index in [9.17, 15) is 9.90 Å². The monoisotopic (exact) mass is 207 g/mol. The summed E-state index contributed by atoms with van der Waals surface area (Å²) in [4.78, 5) is 11.5. The number of carbonyl (C=O) groups excluding carboxylic acids is 1. The molecule has 4 heteroatoms. The van der Waals surface area contributed by atoms with Crippen molar-refractivity contribution in [3.05, 3.63) is 36.4 Å². The van der Waals surface area contributed by atoms with E-state index in [0.29, 0.717) is 13.0 Å². The van der Waals surface area contributed by atoms with E-state index in [2.05, 4.69) is 11.9 Å². The van der Waals surface area contributed by atoms with Crippen LogP contribution in [0.1, 0.15) is 16.8 Å². The van der Waals surface area contributed by atoms with Crippen molar-refractivity contribution in [2.45, 2.75) is 6.42 Å². The first kappa shape index (κ1) is 11.1. The number of rotatable bonds is 4. The Morgan fingerprint density at radius 1 is 1.47 bits per heavy atom. The maximum Gasteiger partial charge on any atom is 0.255 e. The fraction of sp³-hybridized carbons (Fsp3) is 0.182. The van der Waals surface area contributed by atoms with E-state index < -0.39 is 0 Å². The first-order valence-electron chi connectivity index (χ1n) is 4.56. The van der Waals surface area contributed by atoms with E-state index in [1.807, 2.05) is 0 Å². The van der Waals surface area contributed by atoms with Crippen LogP contribution in [-0.2, 0) is 0 Å².